The van der Waals surface area contributed by atoms with E-state index in [-0.39, 0.29) is 23.6 Å². The second-order valence-corrected chi connectivity index (χ2v) is 8.12. The molecule has 0 radical (unpaired) electrons. The Kier molecular flexibility index (Phi) is 7.15. The quantitative estimate of drug-likeness (QED) is 0.584. The highest BCUT2D eigenvalue weighted by Crippen LogP contribution is 2.26. The maximum Gasteiger partial charge on any atom is 0.409 e. The molecule has 8 heteroatoms. The van der Waals surface area contributed by atoms with Crippen LogP contribution in [-0.2, 0) is 4.74 Å². The van der Waals surface area contributed by atoms with E-state index >= 15 is 0 Å². The summed E-state index contributed by atoms with van der Waals surface area (Å²) < 4.78 is 12.2. The fraction of sp³-hybridized carbons (Fsp3) is 0.346. The van der Waals surface area contributed by atoms with Crippen molar-refractivity contribution in [1.82, 2.24) is 9.47 Å². The van der Waals surface area contributed by atoms with Gasteiger partial charge in [-0.15, -0.1) is 0 Å². The molecule has 178 valence electrons. The highest BCUT2D eigenvalue weighted by molar-refractivity contribution is 6.09. The van der Waals surface area contributed by atoms with Gasteiger partial charge in [0.2, 0.25) is 0 Å². The first kappa shape index (κ1) is 23.4. The molecule has 0 aliphatic carbocycles. The number of pyridine rings is 1. The lowest BCUT2D eigenvalue weighted by atomic mass is 10.0. The van der Waals surface area contributed by atoms with Crippen molar-refractivity contribution in [3.8, 4) is 5.75 Å². The van der Waals surface area contributed by atoms with Crippen molar-refractivity contribution in [2.45, 2.75) is 32.7 Å². The zero-order chi connectivity index (χ0) is 24.1. The largest absolute Gasteiger partial charge is 0.494 e. The number of piperidine rings is 1. The number of rotatable bonds is 6. The van der Waals surface area contributed by atoms with Gasteiger partial charge in [-0.3, -0.25) is 9.59 Å². The van der Waals surface area contributed by atoms with Crippen molar-refractivity contribution in [3.63, 3.8) is 0 Å². The fourth-order valence-electron chi connectivity index (χ4n) is 4.29. The first-order chi connectivity index (χ1) is 16.5. The number of benzene rings is 2. The second kappa shape index (κ2) is 10.4. The highest BCUT2D eigenvalue weighted by atomic mass is 16.6. The summed E-state index contributed by atoms with van der Waals surface area (Å²) in [6.45, 7) is 5.69. The lowest BCUT2D eigenvalue weighted by Gasteiger charge is -2.32. The smallest absolute Gasteiger partial charge is 0.409 e. The Morgan fingerprint density at radius 2 is 1.71 bits per heavy atom. The molecule has 0 saturated carbocycles. The van der Waals surface area contributed by atoms with E-state index in [0.29, 0.717) is 66.9 Å². The topological polar surface area (TPSA) is 89.9 Å². The number of nitrogens with zero attached hydrogens (tertiary/aromatic N) is 2. The van der Waals surface area contributed by atoms with E-state index in [1.807, 2.05) is 13.0 Å². The minimum absolute atomic E-state index is 0.00433. The number of fused-ring (bicyclic) bond motifs is 1. The Bertz CT molecular complexity index is 1230. The molecule has 0 bridgehead atoms. The maximum atomic E-state index is 13.3. The van der Waals surface area contributed by atoms with Crippen LogP contribution in [0, 0.1) is 0 Å². The third-order valence-electron chi connectivity index (χ3n) is 6.03. The predicted molar refractivity (Wildman–Crippen MR) is 131 cm³/mol. The molecule has 2 aromatic carbocycles. The van der Waals surface area contributed by atoms with E-state index in [1.165, 1.54) is 0 Å². The van der Waals surface area contributed by atoms with Crippen molar-refractivity contribution >= 4 is 28.5 Å². The molecule has 0 spiro atoms. The number of aromatic nitrogens is 1. The molecule has 1 fully saturated rings. The van der Waals surface area contributed by atoms with Gasteiger partial charge < -0.3 is 24.3 Å². The molecule has 3 aromatic rings. The monoisotopic (exact) mass is 463 g/mol. The van der Waals surface area contributed by atoms with E-state index in [0.717, 1.165) is 0 Å². The highest BCUT2D eigenvalue weighted by Gasteiger charge is 2.25. The Morgan fingerprint density at radius 1 is 0.971 bits per heavy atom. The van der Waals surface area contributed by atoms with Gasteiger partial charge in [-0.05, 0) is 69.2 Å². The summed E-state index contributed by atoms with van der Waals surface area (Å²) in [6, 6.07) is 14.1. The van der Waals surface area contributed by atoms with Crippen LogP contribution in [0.15, 0.2) is 59.5 Å². The van der Waals surface area contributed by atoms with Gasteiger partial charge in [0.05, 0.1) is 13.2 Å². The van der Waals surface area contributed by atoms with Gasteiger partial charge in [-0.2, -0.15) is 0 Å². The van der Waals surface area contributed by atoms with Gasteiger partial charge in [-0.25, -0.2) is 4.79 Å². The summed E-state index contributed by atoms with van der Waals surface area (Å²) in [5, 5.41) is 4.15. The summed E-state index contributed by atoms with van der Waals surface area (Å²) >= 11 is 0. The first-order valence-electron chi connectivity index (χ1n) is 11.6. The molecule has 2 amide bonds. The van der Waals surface area contributed by atoms with Crippen LogP contribution in [0.2, 0.25) is 0 Å². The number of nitrogens with one attached hydrogen (secondary N) is 1. The van der Waals surface area contributed by atoms with Crippen LogP contribution >= 0.6 is 0 Å². The van der Waals surface area contributed by atoms with Crippen LogP contribution in [0.25, 0.3) is 10.8 Å². The number of anilines is 1. The third-order valence-corrected chi connectivity index (χ3v) is 6.03. The zero-order valence-electron chi connectivity index (χ0n) is 19.5. The van der Waals surface area contributed by atoms with Crippen LogP contribution in [-0.4, -0.2) is 47.8 Å². The normalized spacial score (nSPS) is 14.1. The Labute approximate surface area is 198 Å². The van der Waals surface area contributed by atoms with Gasteiger partial charge >= 0.3 is 6.09 Å². The molecule has 1 aromatic heterocycles. The van der Waals surface area contributed by atoms with Gasteiger partial charge in [0.25, 0.3) is 11.5 Å². The molecule has 1 saturated heterocycles. The summed E-state index contributed by atoms with van der Waals surface area (Å²) in [5.41, 5.74) is 0.976. The Hall–Kier alpha value is -3.81. The molecular formula is C26H29N3O5. The molecule has 34 heavy (non-hydrogen) atoms. The molecular weight excluding hydrogens is 434 g/mol. The van der Waals surface area contributed by atoms with E-state index in [9.17, 15) is 14.4 Å². The van der Waals surface area contributed by atoms with Crippen molar-refractivity contribution in [3.05, 3.63) is 70.6 Å². The van der Waals surface area contributed by atoms with E-state index < -0.39 is 0 Å². The second-order valence-electron chi connectivity index (χ2n) is 8.12. The minimum Gasteiger partial charge on any atom is -0.494 e. The van der Waals surface area contributed by atoms with Crippen LogP contribution in [0.5, 0.6) is 5.75 Å². The molecule has 1 aliphatic heterocycles. The van der Waals surface area contributed by atoms with Crippen molar-refractivity contribution < 1.29 is 19.1 Å². The minimum atomic E-state index is -0.306. The molecule has 1 N–H and O–H groups in total. The predicted octanol–water partition coefficient (Wildman–Crippen LogP) is 4.45. The van der Waals surface area contributed by atoms with Crippen LogP contribution in [0.4, 0.5) is 10.5 Å². The van der Waals surface area contributed by atoms with E-state index in [1.54, 1.807) is 65.1 Å². The summed E-state index contributed by atoms with van der Waals surface area (Å²) in [7, 11) is 0. The van der Waals surface area contributed by atoms with E-state index in [4.69, 9.17) is 9.47 Å². The van der Waals surface area contributed by atoms with Crippen molar-refractivity contribution in [2.24, 2.45) is 0 Å². The number of hydrogen-bond acceptors (Lipinski definition) is 5. The van der Waals surface area contributed by atoms with Crippen molar-refractivity contribution in [1.29, 1.82) is 0 Å². The number of ether oxygens (including phenoxy) is 2. The van der Waals surface area contributed by atoms with Crippen LogP contribution in [0.1, 0.15) is 43.1 Å². The van der Waals surface area contributed by atoms with Crippen LogP contribution in [0.3, 0.4) is 0 Å². The average molecular weight is 464 g/mol. The van der Waals surface area contributed by atoms with Gasteiger partial charge in [0.1, 0.15) is 5.75 Å². The lowest BCUT2D eigenvalue weighted by Crippen LogP contribution is -2.41. The molecule has 0 unspecified atom stereocenters. The molecule has 8 nitrogen and oxygen atoms in total. The SMILES string of the molecule is CCOC(=O)N1CCC(n2ccc3c(NC(=O)c4ccc(OCC)cc4)cccc3c2=O)CC1. The lowest BCUT2D eigenvalue weighted by molar-refractivity contribution is 0.0923. The number of amides is 2. The molecule has 1 aliphatic rings. The number of carbonyl (C=O) groups is 2. The average Bonchev–Trinajstić information content (AvgIpc) is 2.85. The number of carbonyl (C=O) groups excluding carboxylic acids is 2. The van der Waals surface area contributed by atoms with Gasteiger partial charge in [0.15, 0.2) is 0 Å². The third kappa shape index (κ3) is 4.90. The van der Waals surface area contributed by atoms with E-state index in [2.05, 4.69) is 5.32 Å². The number of likely N-dealkylation sites (tertiary alicyclic amines) is 1. The van der Waals surface area contributed by atoms with Gasteiger partial charge in [-0.1, -0.05) is 6.07 Å². The summed E-state index contributed by atoms with van der Waals surface area (Å²) in [4.78, 5) is 39.7. The fourth-order valence-corrected chi connectivity index (χ4v) is 4.29. The molecule has 0 atom stereocenters. The van der Waals surface area contributed by atoms with Crippen molar-refractivity contribution in [2.75, 3.05) is 31.6 Å². The molecule has 2 heterocycles. The zero-order valence-corrected chi connectivity index (χ0v) is 19.5. The number of hydrogen-bond donors (Lipinski definition) is 1. The Balaban J connectivity index is 1.52. The Morgan fingerprint density at radius 3 is 2.38 bits per heavy atom. The maximum absolute atomic E-state index is 13.3. The molecule has 4 rings (SSSR count). The standard InChI is InChI=1S/C26H29N3O5/c1-3-33-20-10-8-18(9-11-20)24(30)27-23-7-5-6-22-21(23)14-17-29(25(22)31)19-12-15-28(16-13-19)26(32)34-4-2/h5-11,14,17,19H,3-4,12-13,15-16H2,1-2H3,(H,27,30). The summed E-state index contributed by atoms with van der Waals surface area (Å²) in [6.07, 6.45) is 2.83. The first-order valence-corrected chi connectivity index (χ1v) is 11.6. The summed E-state index contributed by atoms with van der Waals surface area (Å²) in [5.74, 6) is 0.448. The van der Waals surface area contributed by atoms with Gasteiger partial charge in [0, 0.05) is 47.4 Å². The van der Waals surface area contributed by atoms with Crippen LogP contribution < -0.4 is 15.6 Å².